The van der Waals surface area contributed by atoms with Crippen LogP contribution in [0.4, 0.5) is 8.78 Å². The van der Waals surface area contributed by atoms with E-state index in [0.717, 1.165) is 12.8 Å². The highest BCUT2D eigenvalue weighted by Gasteiger charge is 2.39. The second kappa shape index (κ2) is 2.82. The quantitative estimate of drug-likeness (QED) is 0.636. The molecule has 1 rings (SSSR count). The van der Waals surface area contributed by atoms with E-state index >= 15 is 0 Å². The normalized spacial score (nSPS) is 21.9. The van der Waals surface area contributed by atoms with Crippen LogP contribution in [0.5, 0.6) is 0 Å². The summed E-state index contributed by atoms with van der Waals surface area (Å²) in [6, 6.07) is 0. The Morgan fingerprint density at radius 3 is 2.20 bits per heavy atom. The predicted octanol–water partition coefficient (Wildman–Crippen LogP) is 1.80. The Bertz CT molecular complexity index is 108. The van der Waals surface area contributed by atoms with Gasteiger partial charge in [-0.05, 0) is 12.8 Å². The van der Waals surface area contributed by atoms with E-state index in [0.29, 0.717) is 12.8 Å². The van der Waals surface area contributed by atoms with Gasteiger partial charge in [-0.15, -0.1) is 0 Å². The van der Waals surface area contributed by atoms with Gasteiger partial charge in [0.1, 0.15) is 6.61 Å². The molecule has 0 spiro atoms. The zero-order valence-electron chi connectivity index (χ0n) is 5.82. The molecule has 0 amide bonds. The molecule has 0 unspecified atom stereocenters. The van der Waals surface area contributed by atoms with Gasteiger partial charge in [-0.1, -0.05) is 12.8 Å². The Hall–Kier alpha value is -0.180. The van der Waals surface area contributed by atoms with Crippen LogP contribution in [0, 0.1) is 5.92 Å². The summed E-state index contributed by atoms with van der Waals surface area (Å²) in [4.78, 5) is 0. The molecular formula is C7H12F2O. The molecule has 60 valence electrons. The van der Waals surface area contributed by atoms with Gasteiger partial charge in [0.05, 0.1) is 0 Å². The first kappa shape index (κ1) is 7.92. The molecule has 0 atom stereocenters. The second-order valence-electron chi connectivity index (χ2n) is 2.90. The maximum absolute atomic E-state index is 12.6. The van der Waals surface area contributed by atoms with E-state index in [1.54, 1.807) is 0 Å². The largest absolute Gasteiger partial charge is 0.390 e. The van der Waals surface area contributed by atoms with Crippen molar-refractivity contribution in [3.63, 3.8) is 0 Å². The van der Waals surface area contributed by atoms with E-state index < -0.39 is 18.4 Å². The fourth-order valence-electron chi connectivity index (χ4n) is 1.48. The lowest BCUT2D eigenvalue weighted by Gasteiger charge is -2.19. The molecule has 0 heterocycles. The van der Waals surface area contributed by atoms with Crippen LogP contribution in [0.15, 0.2) is 0 Å². The van der Waals surface area contributed by atoms with E-state index in [1.165, 1.54) is 0 Å². The molecule has 0 aromatic carbocycles. The Morgan fingerprint density at radius 1 is 1.30 bits per heavy atom. The van der Waals surface area contributed by atoms with Crippen molar-refractivity contribution in [2.75, 3.05) is 6.61 Å². The molecule has 0 radical (unpaired) electrons. The summed E-state index contributed by atoms with van der Waals surface area (Å²) >= 11 is 0. The number of hydrogen-bond donors (Lipinski definition) is 1. The SMILES string of the molecule is OCC(F)(F)C1CCCC1. The summed E-state index contributed by atoms with van der Waals surface area (Å²) in [6.45, 7) is -0.988. The summed E-state index contributed by atoms with van der Waals surface area (Å²) in [7, 11) is 0. The molecular weight excluding hydrogens is 138 g/mol. The fraction of sp³-hybridized carbons (Fsp3) is 1.00. The summed E-state index contributed by atoms with van der Waals surface area (Å²) < 4.78 is 25.2. The summed E-state index contributed by atoms with van der Waals surface area (Å²) in [5.41, 5.74) is 0. The zero-order valence-corrected chi connectivity index (χ0v) is 5.82. The average molecular weight is 150 g/mol. The zero-order chi connectivity index (χ0) is 7.61. The van der Waals surface area contributed by atoms with Crippen LogP contribution in [0.3, 0.4) is 0 Å². The van der Waals surface area contributed by atoms with Crippen LogP contribution in [0.2, 0.25) is 0 Å². The Kier molecular flexibility index (Phi) is 2.24. The van der Waals surface area contributed by atoms with Crippen molar-refractivity contribution < 1.29 is 13.9 Å². The van der Waals surface area contributed by atoms with Crippen molar-refractivity contribution >= 4 is 0 Å². The Balaban J connectivity index is 2.45. The number of alkyl halides is 2. The first-order chi connectivity index (χ1) is 4.67. The fourth-order valence-corrected chi connectivity index (χ4v) is 1.48. The highest BCUT2D eigenvalue weighted by atomic mass is 19.3. The van der Waals surface area contributed by atoms with Crippen molar-refractivity contribution in [2.45, 2.75) is 31.6 Å². The number of rotatable bonds is 2. The van der Waals surface area contributed by atoms with Gasteiger partial charge in [-0.2, -0.15) is 0 Å². The standard InChI is InChI=1S/C7H12F2O/c8-7(9,5-10)6-3-1-2-4-6/h6,10H,1-5H2. The third-order valence-electron chi connectivity index (χ3n) is 2.16. The van der Waals surface area contributed by atoms with E-state index in [9.17, 15) is 8.78 Å². The van der Waals surface area contributed by atoms with Gasteiger partial charge < -0.3 is 5.11 Å². The lowest BCUT2D eigenvalue weighted by Crippen LogP contribution is -2.30. The van der Waals surface area contributed by atoms with Crippen LogP contribution in [-0.4, -0.2) is 17.6 Å². The highest BCUT2D eigenvalue weighted by Crippen LogP contribution is 2.37. The Labute approximate surface area is 59.0 Å². The van der Waals surface area contributed by atoms with E-state index in [2.05, 4.69) is 0 Å². The van der Waals surface area contributed by atoms with Crippen molar-refractivity contribution in [3.05, 3.63) is 0 Å². The van der Waals surface area contributed by atoms with E-state index in [4.69, 9.17) is 5.11 Å². The lowest BCUT2D eigenvalue weighted by molar-refractivity contribution is -0.0953. The maximum Gasteiger partial charge on any atom is 0.273 e. The van der Waals surface area contributed by atoms with Crippen LogP contribution in [0.25, 0.3) is 0 Å². The van der Waals surface area contributed by atoms with Crippen molar-refractivity contribution in [2.24, 2.45) is 5.92 Å². The minimum Gasteiger partial charge on any atom is -0.390 e. The first-order valence-corrected chi connectivity index (χ1v) is 3.65. The van der Waals surface area contributed by atoms with Crippen molar-refractivity contribution in [1.82, 2.24) is 0 Å². The third-order valence-corrected chi connectivity index (χ3v) is 2.16. The molecule has 1 N–H and O–H groups in total. The van der Waals surface area contributed by atoms with Crippen LogP contribution in [-0.2, 0) is 0 Å². The highest BCUT2D eigenvalue weighted by molar-refractivity contribution is 4.80. The van der Waals surface area contributed by atoms with Gasteiger partial charge in [0.25, 0.3) is 5.92 Å². The molecule has 0 aromatic heterocycles. The van der Waals surface area contributed by atoms with Crippen LogP contribution >= 0.6 is 0 Å². The minimum atomic E-state index is -2.82. The van der Waals surface area contributed by atoms with Crippen molar-refractivity contribution in [1.29, 1.82) is 0 Å². The van der Waals surface area contributed by atoms with Crippen LogP contribution < -0.4 is 0 Å². The summed E-state index contributed by atoms with van der Waals surface area (Å²) in [5.74, 6) is -3.38. The molecule has 0 aliphatic heterocycles. The molecule has 0 bridgehead atoms. The second-order valence-corrected chi connectivity index (χ2v) is 2.90. The molecule has 0 saturated heterocycles. The van der Waals surface area contributed by atoms with Gasteiger partial charge >= 0.3 is 0 Å². The van der Waals surface area contributed by atoms with Gasteiger partial charge in [0.15, 0.2) is 0 Å². The predicted molar refractivity (Wildman–Crippen MR) is 34.0 cm³/mol. The number of aliphatic hydroxyl groups excluding tert-OH is 1. The van der Waals surface area contributed by atoms with E-state index in [-0.39, 0.29) is 0 Å². The monoisotopic (exact) mass is 150 g/mol. The summed E-state index contributed by atoms with van der Waals surface area (Å²) in [6.07, 6.45) is 2.93. The molecule has 1 saturated carbocycles. The molecule has 1 nitrogen and oxygen atoms in total. The number of aliphatic hydroxyl groups is 1. The van der Waals surface area contributed by atoms with Gasteiger partial charge in [0, 0.05) is 5.92 Å². The summed E-state index contributed by atoms with van der Waals surface area (Å²) in [5, 5.41) is 8.30. The van der Waals surface area contributed by atoms with Gasteiger partial charge in [-0.3, -0.25) is 0 Å². The first-order valence-electron chi connectivity index (χ1n) is 3.65. The minimum absolute atomic E-state index is 0.558. The van der Waals surface area contributed by atoms with Gasteiger partial charge in [-0.25, -0.2) is 8.78 Å². The van der Waals surface area contributed by atoms with Crippen LogP contribution in [0.1, 0.15) is 25.7 Å². The molecule has 1 aliphatic carbocycles. The van der Waals surface area contributed by atoms with E-state index in [1.807, 2.05) is 0 Å². The molecule has 0 aromatic rings. The van der Waals surface area contributed by atoms with Crippen molar-refractivity contribution in [3.8, 4) is 0 Å². The molecule has 1 fully saturated rings. The smallest absolute Gasteiger partial charge is 0.273 e. The third kappa shape index (κ3) is 1.45. The maximum atomic E-state index is 12.6. The molecule has 3 heteroatoms. The lowest BCUT2D eigenvalue weighted by atomic mass is 10.0. The topological polar surface area (TPSA) is 20.2 Å². The average Bonchev–Trinajstić information content (AvgIpc) is 2.38. The number of halogens is 2. The van der Waals surface area contributed by atoms with Gasteiger partial charge in [0.2, 0.25) is 0 Å². The Morgan fingerprint density at radius 2 is 1.80 bits per heavy atom. The number of hydrogen-bond acceptors (Lipinski definition) is 1. The molecule has 10 heavy (non-hydrogen) atoms. The molecule has 1 aliphatic rings.